The lowest BCUT2D eigenvalue weighted by atomic mass is 9.88. The van der Waals surface area contributed by atoms with Crippen LogP contribution in [0.15, 0.2) is 0 Å². The van der Waals surface area contributed by atoms with E-state index in [0.717, 1.165) is 32.2 Å². The average molecular weight is 314 g/mol. The lowest BCUT2D eigenvalue weighted by molar-refractivity contribution is -0.0976. The number of ether oxygens (including phenoxy) is 2. The predicted octanol–water partition coefficient (Wildman–Crippen LogP) is 1.87. The van der Waals surface area contributed by atoms with Crippen molar-refractivity contribution in [3.63, 3.8) is 0 Å². The van der Waals surface area contributed by atoms with Crippen molar-refractivity contribution in [1.82, 2.24) is 4.90 Å². The van der Waals surface area contributed by atoms with Gasteiger partial charge < -0.3 is 15.2 Å². The Morgan fingerprint density at radius 3 is 2.86 bits per heavy atom. The van der Waals surface area contributed by atoms with Gasteiger partial charge in [-0.05, 0) is 50.8 Å². The van der Waals surface area contributed by atoms with E-state index in [1.54, 1.807) is 0 Å². The van der Waals surface area contributed by atoms with E-state index >= 15 is 0 Å². The quantitative estimate of drug-likeness (QED) is 0.785. The van der Waals surface area contributed by atoms with Crippen molar-refractivity contribution in [3.05, 3.63) is 0 Å². The summed E-state index contributed by atoms with van der Waals surface area (Å²) in [6.07, 6.45) is 7.54. The molecule has 4 nitrogen and oxygen atoms in total. The van der Waals surface area contributed by atoms with Crippen molar-refractivity contribution in [2.45, 2.75) is 56.3 Å². The van der Waals surface area contributed by atoms with Gasteiger partial charge in [-0.1, -0.05) is 0 Å². The van der Waals surface area contributed by atoms with Crippen molar-refractivity contribution >= 4 is 11.8 Å². The Morgan fingerprint density at radius 2 is 2.14 bits per heavy atom. The van der Waals surface area contributed by atoms with Crippen LogP contribution in [0.25, 0.3) is 0 Å². The molecule has 2 atom stereocenters. The number of hydrogen-bond donors (Lipinski definition) is 1. The van der Waals surface area contributed by atoms with Gasteiger partial charge >= 0.3 is 0 Å². The monoisotopic (exact) mass is 314 g/mol. The molecular formula is C16H30N2O2S. The second-order valence-corrected chi connectivity index (χ2v) is 7.83. The molecule has 0 amide bonds. The molecule has 0 radical (unpaired) electrons. The van der Waals surface area contributed by atoms with Crippen LogP contribution in [-0.2, 0) is 9.47 Å². The molecule has 2 N–H and O–H groups in total. The number of thioether (sulfide) groups is 1. The minimum atomic E-state index is 0.210. The largest absolute Gasteiger partial charge is 0.378 e. The summed E-state index contributed by atoms with van der Waals surface area (Å²) < 4.78 is 12.1. The van der Waals surface area contributed by atoms with Crippen LogP contribution in [0.1, 0.15) is 38.5 Å². The lowest BCUT2D eigenvalue weighted by Crippen LogP contribution is -2.51. The first-order chi connectivity index (χ1) is 10.3. The van der Waals surface area contributed by atoms with Crippen LogP contribution in [0.3, 0.4) is 0 Å². The maximum absolute atomic E-state index is 6.15. The summed E-state index contributed by atoms with van der Waals surface area (Å²) in [7, 11) is 0. The van der Waals surface area contributed by atoms with Crippen LogP contribution >= 0.6 is 11.8 Å². The maximum Gasteiger partial charge on any atom is 0.0795 e. The van der Waals surface area contributed by atoms with Crippen molar-refractivity contribution in [2.75, 3.05) is 44.4 Å². The van der Waals surface area contributed by atoms with Gasteiger partial charge in [-0.2, -0.15) is 11.8 Å². The third-order valence-electron chi connectivity index (χ3n) is 5.23. The summed E-state index contributed by atoms with van der Waals surface area (Å²) >= 11 is 2.07. The Kier molecular flexibility index (Phi) is 5.85. The fraction of sp³-hybridized carbons (Fsp3) is 1.00. The highest BCUT2D eigenvalue weighted by atomic mass is 32.2. The predicted molar refractivity (Wildman–Crippen MR) is 87.9 cm³/mol. The number of rotatable bonds is 5. The van der Waals surface area contributed by atoms with Gasteiger partial charge in [0.15, 0.2) is 0 Å². The number of nitrogens with two attached hydrogens (primary N) is 1. The first-order valence-electron chi connectivity index (χ1n) is 8.59. The Labute approximate surface area is 133 Å². The molecule has 2 unspecified atom stereocenters. The molecule has 0 bridgehead atoms. The van der Waals surface area contributed by atoms with E-state index in [4.69, 9.17) is 15.2 Å². The fourth-order valence-electron chi connectivity index (χ4n) is 3.92. The summed E-state index contributed by atoms with van der Waals surface area (Å²) in [4.78, 5) is 2.70. The molecule has 0 aromatic rings. The Bertz CT molecular complexity index is 315. The van der Waals surface area contributed by atoms with Crippen molar-refractivity contribution in [3.8, 4) is 0 Å². The first kappa shape index (κ1) is 16.1. The van der Waals surface area contributed by atoms with Gasteiger partial charge in [-0.15, -0.1) is 0 Å². The van der Waals surface area contributed by atoms with Crippen LogP contribution < -0.4 is 5.73 Å². The number of nitrogens with zero attached hydrogens (tertiary/aromatic N) is 1. The first-order valence-corrected chi connectivity index (χ1v) is 9.74. The SMILES string of the molecule is NCCCOC1CCN(C2CCOC3(CCSC3)C2)CC1. The summed E-state index contributed by atoms with van der Waals surface area (Å²) in [5.41, 5.74) is 5.73. The minimum absolute atomic E-state index is 0.210. The Balaban J connectivity index is 1.43. The van der Waals surface area contributed by atoms with E-state index in [2.05, 4.69) is 16.7 Å². The topological polar surface area (TPSA) is 47.7 Å². The van der Waals surface area contributed by atoms with Crippen LogP contribution in [0.5, 0.6) is 0 Å². The van der Waals surface area contributed by atoms with Gasteiger partial charge in [0.1, 0.15) is 0 Å². The fourth-order valence-corrected chi connectivity index (χ4v) is 5.30. The van der Waals surface area contributed by atoms with Crippen molar-refractivity contribution in [2.24, 2.45) is 5.73 Å². The number of piperidine rings is 1. The molecule has 0 aliphatic carbocycles. The molecule has 21 heavy (non-hydrogen) atoms. The number of likely N-dealkylation sites (tertiary alicyclic amines) is 1. The maximum atomic E-state index is 6.15. The molecule has 1 spiro atoms. The van der Waals surface area contributed by atoms with Crippen LogP contribution in [0.4, 0.5) is 0 Å². The molecule has 3 rings (SSSR count). The molecule has 3 aliphatic rings. The summed E-state index contributed by atoms with van der Waals surface area (Å²) in [5, 5.41) is 0. The molecule has 3 saturated heterocycles. The zero-order valence-electron chi connectivity index (χ0n) is 13.1. The van der Waals surface area contributed by atoms with Gasteiger partial charge in [-0.3, -0.25) is 4.90 Å². The smallest absolute Gasteiger partial charge is 0.0795 e. The number of hydrogen-bond acceptors (Lipinski definition) is 5. The summed E-state index contributed by atoms with van der Waals surface area (Å²) in [5.74, 6) is 2.49. The highest BCUT2D eigenvalue weighted by Crippen LogP contribution is 2.40. The second-order valence-electron chi connectivity index (χ2n) is 6.73. The average Bonchev–Trinajstić information content (AvgIpc) is 2.96. The zero-order valence-corrected chi connectivity index (χ0v) is 13.9. The van der Waals surface area contributed by atoms with Crippen molar-refractivity contribution < 1.29 is 9.47 Å². The van der Waals surface area contributed by atoms with E-state index in [1.165, 1.54) is 56.7 Å². The minimum Gasteiger partial charge on any atom is -0.378 e. The molecule has 122 valence electrons. The lowest BCUT2D eigenvalue weighted by Gasteiger charge is -2.44. The second kappa shape index (κ2) is 7.64. The highest BCUT2D eigenvalue weighted by molar-refractivity contribution is 7.99. The van der Waals surface area contributed by atoms with E-state index in [1.807, 2.05) is 0 Å². The van der Waals surface area contributed by atoms with E-state index < -0.39 is 0 Å². The molecule has 0 saturated carbocycles. The molecule has 0 aromatic carbocycles. The van der Waals surface area contributed by atoms with Gasteiger partial charge in [0.25, 0.3) is 0 Å². The molecule has 0 aromatic heterocycles. The van der Waals surface area contributed by atoms with E-state index in [9.17, 15) is 0 Å². The summed E-state index contributed by atoms with van der Waals surface area (Å²) in [6.45, 7) is 4.92. The van der Waals surface area contributed by atoms with Gasteiger partial charge in [0.2, 0.25) is 0 Å². The van der Waals surface area contributed by atoms with Gasteiger partial charge in [0.05, 0.1) is 11.7 Å². The molecule has 3 heterocycles. The third kappa shape index (κ3) is 4.14. The molecule has 5 heteroatoms. The molecule has 3 fully saturated rings. The van der Waals surface area contributed by atoms with E-state index in [0.29, 0.717) is 6.10 Å². The molecular weight excluding hydrogens is 284 g/mol. The van der Waals surface area contributed by atoms with Gasteiger partial charge in [0, 0.05) is 38.1 Å². The zero-order chi connectivity index (χ0) is 14.5. The Morgan fingerprint density at radius 1 is 1.29 bits per heavy atom. The van der Waals surface area contributed by atoms with Crippen LogP contribution in [-0.4, -0.2) is 67.0 Å². The normalized spacial score (nSPS) is 35.6. The van der Waals surface area contributed by atoms with Gasteiger partial charge in [-0.25, -0.2) is 0 Å². The molecule has 3 aliphatic heterocycles. The van der Waals surface area contributed by atoms with Crippen LogP contribution in [0, 0.1) is 0 Å². The highest BCUT2D eigenvalue weighted by Gasteiger charge is 2.42. The van der Waals surface area contributed by atoms with E-state index in [-0.39, 0.29) is 5.60 Å². The summed E-state index contributed by atoms with van der Waals surface area (Å²) in [6, 6.07) is 0.738. The Hall–Kier alpha value is 0.190. The van der Waals surface area contributed by atoms with Crippen molar-refractivity contribution in [1.29, 1.82) is 0 Å². The van der Waals surface area contributed by atoms with Crippen LogP contribution in [0.2, 0.25) is 0 Å². The third-order valence-corrected chi connectivity index (χ3v) is 6.45. The standard InChI is InChI=1S/C16H30N2O2S/c17-6-1-9-19-15-2-7-18(8-3-15)14-4-10-20-16(12-14)5-11-21-13-16/h14-15H,1-13,17H2.